The number of aromatic hydroxyl groups is 1. The van der Waals surface area contributed by atoms with Gasteiger partial charge in [-0.1, -0.05) is 6.58 Å². The van der Waals surface area contributed by atoms with Crippen LogP contribution in [0.1, 0.15) is 30.4 Å². The molecule has 2 aliphatic carbocycles. The van der Waals surface area contributed by atoms with E-state index in [1.165, 1.54) is 0 Å². The van der Waals surface area contributed by atoms with Crippen LogP contribution in [-0.4, -0.2) is 54.8 Å². The summed E-state index contributed by atoms with van der Waals surface area (Å²) in [4.78, 5) is 12.8. The lowest BCUT2D eigenvalue weighted by atomic mass is 9.51. The van der Waals surface area contributed by atoms with E-state index in [9.17, 15) is 9.90 Å². The number of likely N-dealkylation sites (tertiary alicyclic amines) is 1. The largest absolute Gasteiger partial charge is 0.504 e. The van der Waals surface area contributed by atoms with Crippen LogP contribution in [0.5, 0.6) is 17.2 Å². The molecule has 5 heteroatoms. The number of hydrogen-bond donors (Lipinski definition) is 1. The lowest BCUT2D eigenvalue weighted by molar-refractivity contribution is -0.939. The minimum atomic E-state index is -0.451. The SMILES string of the molecule is C=CC[N@@+]1(C)CC[C@]23c4c5c(OC)cc(O)c4O[C@H]2C(=O)CC[C@H]3[C@H]1C5. The Morgan fingerprint density at radius 3 is 3.08 bits per heavy atom. The normalized spacial score (nSPS) is 39.2. The van der Waals surface area contributed by atoms with Crippen LogP contribution < -0.4 is 9.47 Å². The summed E-state index contributed by atoms with van der Waals surface area (Å²) in [5, 5.41) is 10.6. The molecule has 138 valence electrons. The zero-order valence-corrected chi connectivity index (χ0v) is 15.5. The molecule has 5 nitrogen and oxygen atoms in total. The summed E-state index contributed by atoms with van der Waals surface area (Å²) in [5.74, 6) is 1.93. The molecular weight excluding hydrogens is 330 g/mol. The van der Waals surface area contributed by atoms with E-state index in [1.54, 1.807) is 13.2 Å². The highest BCUT2D eigenvalue weighted by molar-refractivity contribution is 5.89. The number of likely N-dealkylation sites (N-methyl/N-ethyl adjacent to an activating group) is 1. The number of Topliss-reactive ketones (excluding diaryl/α,β-unsaturated/α-hetero) is 1. The van der Waals surface area contributed by atoms with Gasteiger partial charge in [0.1, 0.15) is 5.75 Å². The van der Waals surface area contributed by atoms with Gasteiger partial charge in [-0.3, -0.25) is 4.79 Å². The maximum atomic E-state index is 12.8. The molecule has 2 heterocycles. The number of quaternary nitrogens is 1. The molecule has 5 rings (SSSR count). The van der Waals surface area contributed by atoms with Crippen LogP contribution in [-0.2, 0) is 16.6 Å². The zero-order valence-electron chi connectivity index (χ0n) is 15.5. The molecule has 1 aromatic carbocycles. The Morgan fingerprint density at radius 2 is 2.35 bits per heavy atom. The molecule has 1 saturated carbocycles. The van der Waals surface area contributed by atoms with Crippen molar-refractivity contribution in [1.29, 1.82) is 0 Å². The number of rotatable bonds is 3. The Kier molecular flexibility index (Phi) is 3.13. The van der Waals surface area contributed by atoms with Crippen LogP contribution in [0.2, 0.25) is 0 Å². The van der Waals surface area contributed by atoms with Gasteiger partial charge in [0.2, 0.25) is 0 Å². The second kappa shape index (κ2) is 5.03. The van der Waals surface area contributed by atoms with E-state index in [4.69, 9.17) is 9.47 Å². The molecule has 26 heavy (non-hydrogen) atoms. The lowest BCUT2D eigenvalue weighted by Gasteiger charge is -2.60. The summed E-state index contributed by atoms with van der Waals surface area (Å²) in [7, 11) is 3.97. The number of nitrogens with zero attached hydrogens (tertiary/aromatic N) is 1. The number of methoxy groups -OCH3 is 1. The first kappa shape index (κ1) is 16.2. The van der Waals surface area contributed by atoms with Crippen molar-refractivity contribution in [3.8, 4) is 17.2 Å². The first-order chi connectivity index (χ1) is 12.5. The van der Waals surface area contributed by atoms with E-state index in [2.05, 4.69) is 13.6 Å². The number of carbonyl (C=O) groups excluding carboxylic acids is 1. The van der Waals surface area contributed by atoms with Crippen molar-refractivity contribution in [2.24, 2.45) is 5.92 Å². The van der Waals surface area contributed by atoms with Crippen molar-refractivity contribution in [3.05, 3.63) is 29.8 Å². The van der Waals surface area contributed by atoms with Gasteiger partial charge in [-0.15, -0.1) is 0 Å². The molecule has 2 fully saturated rings. The van der Waals surface area contributed by atoms with Crippen molar-refractivity contribution < 1.29 is 23.9 Å². The van der Waals surface area contributed by atoms with Gasteiger partial charge in [-0.25, -0.2) is 0 Å². The van der Waals surface area contributed by atoms with Gasteiger partial charge in [-0.05, 0) is 12.5 Å². The number of piperidine rings is 1. The second-order valence-electron chi connectivity index (χ2n) is 8.63. The summed E-state index contributed by atoms with van der Waals surface area (Å²) < 4.78 is 12.8. The number of ether oxygens (including phenoxy) is 2. The Hall–Kier alpha value is -2.01. The summed E-state index contributed by atoms with van der Waals surface area (Å²) >= 11 is 0. The average Bonchev–Trinajstić information content (AvgIpc) is 2.97. The number of phenolic OH excluding ortho intramolecular Hbond substituents is 1. The monoisotopic (exact) mass is 356 g/mol. The van der Waals surface area contributed by atoms with Crippen molar-refractivity contribution in [2.75, 3.05) is 27.2 Å². The van der Waals surface area contributed by atoms with Crippen LogP contribution in [0, 0.1) is 5.92 Å². The van der Waals surface area contributed by atoms with Crippen LogP contribution in [0.4, 0.5) is 0 Å². The van der Waals surface area contributed by atoms with E-state index in [0.717, 1.165) is 53.7 Å². The van der Waals surface area contributed by atoms with E-state index in [0.29, 0.717) is 24.1 Å². The van der Waals surface area contributed by atoms with Gasteiger partial charge >= 0.3 is 0 Å². The Balaban J connectivity index is 1.80. The van der Waals surface area contributed by atoms with Gasteiger partial charge in [-0.2, -0.15) is 0 Å². The predicted molar refractivity (Wildman–Crippen MR) is 96.7 cm³/mol. The molecule has 2 aliphatic heterocycles. The number of carbonyl (C=O) groups is 1. The molecule has 0 radical (unpaired) electrons. The van der Waals surface area contributed by atoms with Crippen LogP contribution >= 0.6 is 0 Å². The van der Waals surface area contributed by atoms with Gasteiger partial charge in [0.05, 0.1) is 38.7 Å². The maximum absolute atomic E-state index is 12.8. The highest BCUT2D eigenvalue weighted by Crippen LogP contribution is 2.65. The third-order valence-electron chi connectivity index (χ3n) is 7.63. The quantitative estimate of drug-likeness (QED) is 0.667. The topological polar surface area (TPSA) is 55.8 Å². The summed E-state index contributed by atoms with van der Waals surface area (Å²) in [6, 6.07) is 2.07. The van der Waals surface area contributed by atoms with Gasteiger partial charge < -0.3 is 19.1 Å². The van der Waals surface area contributed by atoms with Crippen molar-refractivity contribution >= 4 is 5.78 Å². The van der Waals surface area contributed by atoms with Crippen molar-refractivity contribution in [1.82, 2.24) is 0 Å². The van der Waals surface area contributed by atoms with Crippen LogP contribution in [0.25, 0.3) is 0 Å². The summed E-state index contributed by atoms with van der Waals surface area (Å²) in [5.41, 5.74) is 1.90. The molecule has 0 amide bonds. The fourth-order valence-corrected chi connectivity index (χ4v) is 6.55. The third-order valence-corrected chi connectivity index (χ3v) is 7.63. The smallest absolute Gasteiger partial charge is 0.174 e. The van der Waals surface area contributed by atoms with Gasteiger partial charge in [0.25, 0.3) is 0 Å². The zero-order chi connectivity index (χ0) is 18.3. The van der Waals surface area contributed by atoms with E-state index in [1.807, 2.05) is 6.08 Å². The molecule has 1 N–H and O–H groups in total. The maximum Gasteiger partial charge on any atom is 0.174 e. The Labute approximate surface area is 153 Å². The van der Waals surface area contributed by atoms with Gasteiger partial charge in [0.15, 0.2) is 23.4 Å². The molecule has 1 saturated heterocycles. The standard InChI is InChI=1S/C21H25NO4/c1-4-8-22(2)9-7-21-13-5-6-15(23)20(21)26-19-16(24)11-17(25-3)12(18(19)21)10-14(13)22/h4,11,13-14,20H,1,5-10H2,2-3H3/p+1/t13-,14+,20-,21-,22-/m0/s1. The first-order valence-electron chi connectivity index (χ1n) is 9.54. The predicted octanol–water partition coefficient (Wildman–Crippen LogP) is 2.34. The molecule has 4 aliphatic rings. The number of hydrogen-bond acceptors (Lipinski definition) is 4. The molecule has 1 aromatic rings. The fourth-order valence-electron chi connectivity index (χ4n) is 6.55. The molecular formula is C21H26NO4+. The highest BCUT2D eigenvalue weighted by atomic mass is 16.5. The van der Waals surface area contributed by atoms with Crippen molar-refractivity contribution in [3.63, 3.8) is 0 Å². The second-order valence-corrected chi connectivity index (χ2v) is 8.63. The lowest BCUT2D eigenvalue weighted by Crippen LogP contribution is -2.71. The van der Waals surface area contributed by atoms with E-state index < -0.39 is 6.10 Å². The fraction of sp³-hybridized carbons (Fsp3) is 0.571. The number of phenols is 1. The Morgan fingerprint density at radius 1 is 1.54 bits per heavy atom. The number of ketones is 1. The minimum Gasteiger partial charge on any atom is -0.504 e. The molecule has 1 spiro atoms. The van der Waals surface area contributed by atoms with Crippen LogP contribution in [0.15, 0.2) is 18.7 Å². The molecule has 0 unspecified atom stereocenters. The average molecular weight is 356 g/mol. The number of benzene rings is 1. The van der Waals surface area contributed by atoms with Crippen molar-refractivity contribution in [2.45, 2.75) is 43.2 Å². The third kappa shape index (κ3) is 1.68. The van der Waals surface area contributed by atoms with E-state index in [-0.39, 0.29) is 16.9 Å². The van der Waals surface area contributed by atoms with Gasteiger partial charge in [0, 0.05) is 42.4 Å². The molecule has 2 bridgehead atoms. The minimum absolute atomic E-state index is 0.100. The Bertz CT molecular complexity index is 834. The summed E-state index contributed by atoms with van der Waals surface area (Å²) in [6.45, 7) is 5.91. The molecule has 5 atom stereocenters. The highest BCUT2D eigenvalue weighted by Gasteiger charge is 2.69. The summed E-state index contributed by atoms with van der Waals surface area (Å²) in [6.07, 6.45) is 4.85. The van der Waals surface area contributed by atoms with E-state index >= 15 is 0 Å². The van der Waals surface area contributed by atoms with Crippen LogP contribution in [0.3, 0.4) is 0 Å². The first-order valence-corrected chi connectivity index (χ1v) is 9.54. The molecule has 0 aromatic heterocycles.